The number of rotatable bonds is 9. The molecule has 0 aliphatic heterocycles. The second-order valence-corrected chi connectivity index (χ2v) is 13.7. The molecule has 34 heavy (non-hydrogen) atoms. The lowest BCUT2D eigenvalue weighted by Crippen LogP contribution is -2.40. The molecule has 3 aromatic rings. The van der Waals surface area contributed by atoms with Gasteiger partial charge in [-0.15, -0.1) is 11.3 Å². The van der Waals surface area contributed by atoms with E-state index in [1.807, 2.05) is 19.1 Å². The number of hydrogen-bond donors (Lipinski definition) is 1. The molecule has 4 rings (SSSR count). The zero-order valence-corrected chi connectivity index (χ0v) is 23.0. The van der Waals surface area contributed by atoms with E-state index in [-0.39, 0.29) is 5.75 Å². The van der Waals surface area contributed by atoms with Gasteiger partial charge in [0.15, 0.2) is 9.84 Å². The van der Waals surface area contributed by atoms with E-state index in [0.29, 0.717) is 21.7 Å². The van der Waals surface area contributed by atoms with Crippen LogP contribution in [0.2, 0.25) is 5.02 Å². The van der Waals surface area contributed by atoms with Gasteiger partial charge in [-0.3, -0.25) is 0 Å². The van der Waals surface area contributed by atoms with Crippen LogP contribution in [0.15, 0.2) is 46.2 Å². The third-order valence-electron chi connectivity index (χ3n) is 7.11. The first-order valence-electron chi connectivity index (χ1n) is 11.8. The maximum atomic E-state index is 13.1. The maximum Gasteiger partial charge on any atom is 0.189 e. The van der Waals surface area contributed by atoms with Crippen LogP contribution in [0.25, 0.3) is 16.2 Å². The molecule has 0 bridgehead atoms. The van der Waals surface area contributed by atoms with Crippen molar-refractivity contribution in [3.63, 3.8) is 0 Å². The predicted molar refractivity (Wildman–Crippen MR) is 147 cm³/mol. The molecule has 7 heteroatoms. The van der Waals surface area contributed by atoms with Gasteiger partial charge in [-0.25, -0.2) is 8.42 Å². The number of halogens is 1. The predicted octanol–water partition coefficient (Wildman–Crippen LogP) is 6.74. The monoisotopic (exact) mass is 517 g/mol. The van der Waals surface area contributed by atoms with E-state index in [2.05, 4.69) is 57.5 Å². The molecule has 0 saturated carbocycles. The average molecular weight is 518 g/mol. The minimum atomic E-state index is -3.39. The van der Waals surface area contributed by atoms with Crippen LogP contribution in [0.1, 0.15) is 42.9 Å². The minimum absolute atomic E-state index is 0.0500. The number of hydrogen-bond acceptors (Lipinski definition) is 4. The van der Waals surface area contributed by atoms with Gasteiger partial charge in [0.2, 0.25) is 0 Å². The smallest absolute Gasteiger partial charge is 0.189 e. The van der Waals surface area contributed by atoms with Gasteiger partial charge in [-0.05, 0) is 73.2 Å². The summed E-state index contributed by atoms with van der Waals surface area (Å²) in [5, 5.41) is 4.90. The lowest BCUT2D eigenvalue weighted by atomic mass is 9.92. The Morgan fingerprint density at radius 3 is 2.62 bits per heavy atom. The highest BCUT2D eigenvalue weighted by atomic mass is 35.5. The largest absolute Gasteiger partial charge is 0.384 e. The van der Waals surface area contributed by atoms with Gasteiger partial charge < -0.3 is 9.80 Å². The molecular weight excluding hydrogens is 484 g/mol. The van der Waals surface area contributed by atoms with E-state index in [0.717, 1.165) is 45.3 Å². The Labute approximate surface area is 212 Å². The van der Waals surface area contributed by atoms with Crippen molar-refractivity contribution in [1.29, 1.82) is 0 Å². The Balaban J connectivity index is 1.45. The third kappa shape index (κ3) is 5.20. The summed E-state index contributed by atoms with van der Waals surface area (Å²) in [5.41, 5.74) is 5.80. The number of thiophene rings is 1. The first-order chi connectivity index (χ1) is 16.0. The average Bonchev–Trinajstić information content (AvgIpc) is 3.28. The number of benzene rings is 2. The van der Waals surface area contributed by atoms with Gasteiger partial charge in [0.25, 0.3) is 0 Å². The molecule has 2 aromatic carbocycles. The van der Waals surface area contributed by atoms with Crippen LogP contribution in [0.5, 0.6) is 0 Å². The highest BCUT2D eigenvalue weighted by Gasteiger charge is 2.26. The summed E-state index contributed by atoms with van der Waals surface area (Å²) in [7, 11) is 1.16. The molecule has 1 heterocycles. The van der Waals surface area contributed by atoms with Crippen LogP contribution in [-0.4, -0.2) is 52.4 Å². The fourth-order valence-electron chi connectivity index (χ4n) is 4.62. The molecule has 1 atom stereocenters. The molecule has 1 aliphatic rings. The van der Waals surface area contributed by atoms with Crippen LogP contribution in [0.3, 0.4) is 0 Å². The molecule has 0 radical (unpaired) electrons. The van der Waals surface area contributed by atoms with E-state index >= 15 is 0 Å². The summed E-state index contributed by atoms with van der Waals surface area (Å²) in [4.78, 5) is 0. The summed E-state index contributed by atoms with van der Waals surface area (Å²) < 4.78 is 28.6. The third-order valence-corrected chi connectivity index (χ3v) is 11.0. The number of fused-ring (bicyclic) bond motifs is 2. The molecule has 0 fully saturated rings. The van der Waals surface area contributed by atoms with Crippen molar-refractivity contribution in [2.45, 2.75) is 37.3 Å². The summed E-state index contributed by atoms with van der Waals surface area (Å²) >= 11 is 7.44. The summed E-state index contributed by atoms with van der Waals surface area (Å²) in [5.74, 6) is 0.478. The Morgan fingerprint density at radius 1 is 1.12 bits per heavy atom. The first kappa shape index (κ1) is 25.2. The molecule has 4 nitrogen and oxygen atoms in total. The number of sulfone groups is 1. The van der Waals surface area contributed by atoms with E-state index < -0.39 is 9.84 Å². The summed E-state index contributed by atoms with van der Waals surface area (Å²) in [6, 6.07) is 11.9. The quantitative estimate of drug-likeness (QED) is 0.320. The lowest BCUT2D eigenvalue weighted by molar-refractivity contribution is -0.888. The van der Waals surface area contributed by atoms with Gasteiger partial charge in [0.05, 0.1) is 32.9 Å². The molecule has 0 amide bonds. The molecule has 0 spiro atoms. The summed E-state index contributed by atoms with van der Waals surface area (Å²) in [6.07, 6.45) is 3.40. The lowest BCUT2D eigenvalue weighted by Gasteiger charge is -2.30. The van der Waals surface area contributed by atoms with Crippen molar-refractivity contribution < 1.29 is 12.9 Å². The molecule has 1 unspecified atom stereocenters. The van der Waals surface area contributed by atoms with Gasteiger partial charge in [-0.2, -0.15) is 0 Å². The Bertz CT molecular complexity index is 1360. The van der Waals surface area contributed by atoms with Crippen molar-refractivity contribution in [2.75, 3.05) is 44.8 Å². The second-order valence-electron chi connectivity index (χ2n) is 9.95. The van der Waals surface area contributed by atoms with E-state index in [1.165, 1.54) is 28.0 Å². The van der Waals surface area contributed by atoms with Crippen LogP contribution >= 0.6 is 22.9 Å². The topological polar surface area (TPSA) is 46.2 Å². The highest BCUT2D eigenvalue weighted by Crippen LogP contribution is 2.40. The van der Waals surface area contributed by atoms with Gasteiger partial charge in [0, 0.05) is 34.3 Å². The van der Waals surface area contributed by atoms with Crippen molar-refractivity contribution in [3.8, 4) is 0 Å². The Hall–Kier alpha value is -1.86. The van der Waals surface area contributed by atoms with Gasteiger partial charge in [0.1, 0.15) is 4.21 Å². The number of allylic oxidation sites excluding steroid dienone is 1. The van der Waals surface area contributed by atoms with E-state index in [9.17, 15) is 8.42 Å². The first-order valence-corrected chi connectivity index (χ1v) is 14.6. The molecule has 1 N–H and O–H groups in total. The van der Waals surface area contributed by atoms with Crippen LogP contribution < -0.4 is 5.32 Å². The van der Waals surface area contributed by atoms with Gasteiger partial charge >= 0.3 is 0 Å². The van der Waals surface area contributed by atoms with Crippen molar-refractivity contribution in [3.05, 3.63) is 63.7 Å². The molecule has 182 valence electrons. The van der Waals surface area contributed by atoms with Crippen LogP contribution in [0.4, 0.5) is 5.69 Å². The normalized spacial score (nSPS) is 16.1. The minimum Gasteiger partial charge on any atom is -0.384 e. The number of nitrogens with zero attached hydrogens (tertiary/aromatic N) is 1. The van der Waals surface area contributed by atoms with Crippen LogP contribution in [0, 0.1) is 6.92 Å². The molecular formula is C27H34ClN2O2S2+. The molecule has 1 aliphatic carbocycles. The highest BCUT2D eigenvalue weighted by molar-refractivity contribution is 7.93. The number of quaternary nitrogens is 1. The fourth-order valence-corrected chi connectivity index (χ4v) is 7.87. The van der Waals surface area contributed by atoms with Crippen molar-refractivity contribution in [2.24, 2.45) is 0 Å². The second kappa shape index (κ2) is 9.65. The van der Waals surface area contributed by atoms with Crippen LogP contribution in [-0.2, 0) is 9.84 Å². The van der Waals surface area contributed by atoms with Crippen molar-refractivity contribution >= 4 is 54.6 Å². The zero-order valence-electron chi connectivity index (χ0n) is 20.6. The summed E-state index contributed by atoms with van der Waals surface area (Å²) in [6.45, 7) is 8.93. The number of aryl methyl sites for hydroxylation is 1. The number of nitrogens with one attached hydrogen (secondary N) is 1. The Morgan fingerprint density at radius 2 is 1.88 bits per heavy atom. The molecule has 1 aromatic heterocycles. The number of anilines is 1. The maximum absolute atomic E-state index is 13.1. The Kier molecular flexibility index (Phi) is 7.16. The van der Waals surface area contributed by atoms with Gasteiger partial charge in [-0.1, -0.05) is 29.3 Å². The van der Waals surface area contributed by atoms with E-state index in [1.54, 1.807) is 6.07 Å². The zero-order chi connectivity index (χ0) is 24.7. The fraction of sp³-hybridized carbons (Fsp3) is 0.407. The van der Waals surface area contributed by atoms with Crippen molar-refractivity contribution in [1.82, 2.24) is 0 Å². The molecule has 0 saturated heterocycles. The SMILES string of the molecule is CC[N+](C)(C)CCC1C(C)=Cc2ccc(NCCS(=O)(=O)c3sc4ccc(Cl)cc4c3C)cc21. The van der Waals surface area contributed by atoms with E-state index in [4.69, 9.17) is 11.6 Å². The standard InChI is InChI=1S/C27H34ClN2O2S2/c1-6-30(4,5)13-11-23-18(2)15-20-7-9-22(17-25(20)23)29-12-14-34(31,32)27-19(3)24-16-21(28)8-10-26(24)33-27/h7-10,15-17,23,29H,6,11-14H2,1-5H3/q+1.